The number of nitrogens with one attached hydrogen (secondary N) is 1. The van der Waals surface area contributed by atoms with Crippen LogP contribution < -0.4 is 10.2 Å². The normalized spacial score (nSPS) is 15.7. The van der Waals surface area contributed by atoms with Crippen LogP contribution in [0.25, 0.3) is 0 Å². The van der Waals surface area contributed by atoms with Gasteiger partial charge in [-0.05, 0) is 50.3 Å². The van der Waals surface area contributed by atoms with Gasteiger partial charge in [-0.1, -0.05) is 47.0 Å². The molecule has 0 radical (unpaired) electrons. The summed E-state index contributed by atoms with van der Waals surface area (Å²) in [6.45, 7) is 4.18. The second-order valence-corrected chi connectivity index (χ2v) is 9.40. The SMILES string of the molecule is Cc1ccc(NC(=S)N(Cc2cn(C)nc2C)C2CC(=O)N(c3c(Cl)cccc3Cl)C2=O)cc1. The first-order valence-corrected chi connectivity index (χ1v) is 11.8. The topological polar surface area (TPSA) is 70.5 Å². The van der Waals surface area contributed by atoms with Gasteiger partial charge < -0.3 is 10.2 Å². The summed E-state index contributed by atoms with van der Waals surface area (Å²) in [7, 11) is 1.83. The number of carbonyl (C=O) groups is 2. The van der Waals surface area contributed by atoms with Crippen LogP contribution in [-0.2, 0) is 23.2 Å². The van der Waals surface area contributed by atoms with Crippen molar-refractivity contribution in [2.45, 2.75) is 32.9 Å². The molecule has 4 rings (SSSR count). The summed E-state index contributed by atoms with van der Waals surface area (Å²) >= 11 is 18.3. The van der Waals surface area contributed by atoms with Crippen LogP contribution in [0.15, 0.2) is 48.7 Å². The molecule has 10 heteroatoms. The number of hydrogen-bond acceptors (Lipinski definition) is 4. The van der Waals surface area contributed by atoms with Crippen molar-refractivity contribution in [1.82, 2.24) is 14.7 Å². The van der Waals surface area contributed by atoms with Gasteiger partial charge in [0.05, 0.1) is 27.8 Å². The zero-order valence-electron chi connectivity index (χ0n) is 18.9. The van der Waals surface area contributed by atoms with E-state index in [0.717, 1.165) is 27.4 Å². The number of rotatable bonds is 5. The molecule has 2 heterocycles. The third-order valence-electron chi connectivity index (χ3n) is 5.68. The maximum Gasteiger partial charge on any atom is 0.257 e. The van der Waals surface area contributed by atoms with Crippen molar-refractivity contribution in [3.8, 4) is 0 Å². The Bertz CT molecular complexity index is 1250. The average Bonchev–Trinajstić information content (AvgIpc) is 3.25. The number of nitrogens with zero attached hydrogens (tertiary/aromatic N) is 4. The van der Waals surface area contributed by atoms with Gasteiger partial charge in [0.15, 0.2) is 5.11 Å². The first-order valence-electron chi connectivity index (χ1n) is 10.6. The summed E-state index contributed by atoms with van der Waals surface area (Å²) in [6, 6.07) is 11.8. The Kier molecular flexibility index (Phi) is 6.93. The Balaban J connectivity index is 1.68. The Morgan fingerprint density at radius 3 is 2.38 bits per heavy atom. The Morgan fingerprint density at radius 2 is 1.79 bits per heavy atom. The number of halogens is 2. The Hall–Kier alpha value is -2.94. The van der Waals surface area contributed by atoms with Crippen LogP contribution in [0.3, 0.4) is 0 Å². The van der Waals surface area contributed by atoms with Crippen molar-refractivity contribution < 1.29 is 9.59 Å². The van der Waals surface area contributed by atoms with Crippen molar-refractivity contribution in [2.24, 2.45) is 7.05 Å². The number of amides is 2. The number of imide groups is 1. The second-order valence-electron chi connectivity index (χ2n) is 8.20. The van der Waals surface area contributed by atoms with Crippen molar-refractivity contribution in [2.75, 3.05) is 10.2 Å². The number of aryl methyl sites for hydroxylation is 3. The smallest absolute Gasteiger partial charge is 0.257 e. The molecule has 7 nitrogen and oxygen atoms in total. The summed E-state index contributed by atoms with van der Waals surface area (Å²) in [4.78, 5) is 29.4. The van der Waals surface area contributed by atoms with Crippen molar-refractivity contribution in [3.05, 3.63) is 75.5 Å². The van der Waals surface area contributed by atoms with Crippen LogP contribution in [-0.4, -0.2) is 37.6 Å². The number of aromatic nitrogens is 2. The summed E-state index contributed by atoms with van der Waals surface area (Å²) in [5, 5.41) is 8.37. The van der Waals surface area contributed by atoms with Gasteiger partial charge in [-0.2, -0.15) is 5.10 Å². The third kappa shape index (κ3) is 4.80. The van der Waals surface area contributed by atoms with Gasteiger partial charge in [-0.15, -0.1) is 0 Å². The highest BCUT2D eigenvalue weighted by atomic mass is 35.5. The van der Waals surface area contributed by atoms with E-state index < -0.39 is 17.9 Å². The first kappa shape index (κ1) is 24.2. The molecule has 1 fully saturated rings. The zero-order valence-corrected chi connectivity index (χ0v) is 21.2. The summed E-state index contributed by atoms with van der Waals surface area (Å²) in [5.41, 5.74) is 3.80. The van der Waals surface area contributed by atoms with E-state index in [4.69, 9.17) is 35.4 Å². The number of benzene rings is 2. The van der Waals surface area contributed by atoms with Gasteiger partial charge in [-0.3, -0.25) is 14.3 Å². The number of para-hydroxylation sites is 1. The van der Waals surface area contributed by atoms with E-state index in [-0.39, 0.29) is 22.2 Å². The van der Waals surface area contributed by atoms with E-state index in [1.165, 1.54) is 0 Å². The van der Waals surface area contributed by atoms with E-state index in [2.05, 4.69) is 10.4 Å². The first-order chi connectivity index (χ1) is 16.2. The summed E-state index contributed by atoms with van der Waals surface area (Å²) in [6.07, 6.45) is 1.82. The lowest BCUT2D eigenvalue weighted by Crippen LogP contribution is -2.46. The molecule has 1 aliphatic heterocycles. The molecule has 1 aliphatic rings. The molecular formula is C24H23Cl2N5O2S. The molecule has 1 atom stereocenters. The fraction of sp³-hybridized carbons (Fsp3) is 0.250. The van der Waals surface area contributed by atoms with E-state index in [1.54, 1.807) is 27.8 Å². The molecule has 0 aliphatic carbocycles. The second kappa shape index (κ2) is 9.74. The monoisotopic (exact) mass is 515 g/mol. The van der Waals surface area contributed by atoms with Crippen LogP contribution in [0.1, 0.15) is 23.2 Å². The molecule has 1 aromatic heterocycles. The molecule has 0 saturated carbocycles. The molecule has 1 N–H and O–H groups in total. The lowest BCUT2D eigenvalue weighted by Gasteiger charge is -2.30. The van der Waals surface area contributed by atoms with Crippen molar-refractivity contribution in [3.63, 3.8) is 0 Å². The summed E-state index contributed by atoms with van der Waals surface area (Å²) in [5.74, 6) is -0.828. The molecule has 176 valence electrons. The minimum absolute atomic E-state index is 0.0601. The molecule has 1 unspecified atom stereocenters. The van der Waals surface area contributed by atoms with Crippen LogP contribution in [0.5, 0.6) is 0 Å². The predicted octanol–water partition coefficient (Wildman–Crippen LogP) is 4.87. The fourth-order valence-corrected chi connectivity index (χ4v) is 4.82. The fourth-order valence-electron chi connectivity index (χ4n) is 3.94. The van der Waals surface area contributed by atoms with Gasteiger partial charge in [0.25, 0.3) is 5.91 Å². The van der Waals surface area contributed by atoms with Crippen LogP contribution in [0.4, 0.5) is 11.4 Å². The number of hydrogen-bond donors (Lipinski definition) is 1. The largest absolute Gasteiger partial charge is 0.333 e. The molecule has 3 aromatic rings. The minimum atomic E-state index is -0.829. The van der Waals surface area contributed by atoms with E-state index in [9.17, 15) is 9.59 Å². The molecule has 34 heavy (non-hydrogen) atoms. The molecule has 1 saturated heterocycles. The molecule has 0 spiro atoms. The standard InChI is InChI=1S/C24H23Cl2N5O2S/c1-14-7-9-17(10-8-14)27-24(34)30(13-16-12-29(3)28-15(16)2)20-11-21(32)31(23(20)33)22-18(25)5-4-6-19(22)26/h4-10,12,20H,11,13H2,1-3H3,(H,27,34). The lowest BCUT2D eigenvalue weighted by molar-refractivity contribution is -0.122. The van der Waals surface area contributed by atoms with E-state index >= 15 is 0 Å². The van der Waals surface area contributed by atoms with E-state index in [1.807, 2.05) is 51.4 Å². The Labute approximate surface area is 213 Å². The number of anilines is 2. The van der Waals surface area contributed by atoms with Gasteiger partial charge in [-0.25, -0.2) is 4.90 Å². The third-order valence-corrected chi connectivity index (χ3v) is 6.63. The van der Waals surface area contributed by atoms with Gasteiger partial charge in [0, 0.05) is 31.0 Å². The van der Waals surface area contributed by atoms with Crippen LogP contribution in [0, 0.1) is 13.8 Å². The quantitative estimate of drug-likeness (QED) is 0.385. The highest BCUT2D eigenvalue weighted by molar-refractivity contribution is 7.80. The van der Waals surface area contributed by atoms with Gasteiger partial charge in [0.1, 0.15) is 6.04 Å². The van der Waals surface area contributed by atoms with Crippen molar-refractivity contribution >= 4 is 63.7 Å². The summed E-state index contributed by atoms with van der Waals surface area (Å²) < 4.78 is 1.71. The highest BCUT2D eigenvalue weighted by Gasteiger charge is 2.45. The van der Waals surface area contributed by atoms with Gasteiger partial charge in [0.2, 0.25) is 5.91 Å². The van der Waals surface area contributed by atoms with Gasteiger partial charge >= 0.3 is 0 Å². The zero-order chi connectivity index (χ0) is 24.6. The molecule has 0 bridgehead atoms. The van der Waals surface area contributed by atoms with Crippen LogP contribution in [0.2, 0.25) is 10.0 Å². The highest BCUT2D eigenvalue weighted by Crippen LogP contribution is 2.37. The van der Waals surface area contributed by atoms with Crippen molar-refractivity contribution in [1.29, 1.82) is 0 Å². The lowest BCUT2D eigenvalue weighted by atomic mass is 10.1. The number of carbonyl (C=O) groups excluding carboxylic acids is 2. The Morgan fingerprint density at radius 1 is 1.15 bits per heavy atom. The average molecular weight is 516 g/mol. The van der Waals surface area contributed by atoms with E-state index in [0.29, 0.717) is 11.7 Å². The molecular weight excluding hydrogens is 493 g/mol. The molecule has 2 amide bonds. The maximum atomic E-state index is 13.6. The maximum absolute atomic E-state index is 13.6. The van der Waals surface area contributed by atoms with Crippen LogP contribution >= 0.6 is 35.4 Å². The number of thiocarbonyl (C=S) groups is 1. The molecule has 2 aromatic carbocycles. The predicted molar refractivity (Wildman–Crippen MR) is 138 cm³/mol. The minimum Gasteiger partial charge on any atom is -0.333 e.